The molecule has 0 saturated heterocycles. The van der Waals surface area contributed by atoms with Gasteiger partial charge in [0.15, 0.2) is 11.6 Å². The molecule has 0 bridgehead atoms. The summed E-state index contributed by atoms with van der Waals surface area (Å²) in [4.78, 5) is 26.3. The fourth-order valence-electron chi connectivity index (χ4n) is 1.84. The van der Waals surface area contributed by atoms with E-state index in [1.54, 1.807) is 25.3 Å². The molecule has 1 aromatic heterocycles. The molecule has 0 atom stereocenters. The van der Waals surface area contributed by atoms with Gasteiger partial charge in [-0.15, -0.1) is 0 Å². The summed E-state index contributed by atoms with van der Waals surface area (Å²) in [5, 5.41) is 0. The van der Waals surface area contributed by atoms with E-state index in [1.807, 2.05) is 18.2 Å². The van der Waals surface area contributed by atoms with Crippen LogP contribution in [0.3, 0.4) is 0 Å². The molecule has 1 aromatic carbocycles. The smallest absolute Gasteiger partial charge is 0.194 e. The van der Waals surface area contributed by atoms with E-state index in [0.29, 0.717) is 22.4 Å². The van der Waals surface area contributed by atoms with E-state index in [1.165, 1.54) is 6.92 Å². The number of nitrogens with one attached hydrogen (secondary N) is 1. The molecule has 0 unspecified atom stereocenters. The number of carbonyl (C=O) groups excluding carboxylic acids is 2. The minimum absolute atomic E-state index is 0.0605. The van der Waals surface area contributed by atoms with Crippen molar-refractivity contribution >= 4 is 11.6 Å². The van der Waals surface area contributed by atoms with Gasteiger partial charge >= 0.3 is 0 Å². The maximum Gasteiger partial charge on any atom is 0.194 e. The Balaban J connectivity index is 2.42. The molecule has 0 spiro atoms. The van der Waals surface area contributed by atoms with Crippen LogP contribution >= 0.6 is 0 Å². The minimum Gasteiger partial charge on any atom is -0.358 e. The van der Waals surface area contributed by atoms with Crippen LogP contribution in [-0.4, -0.2) is 16.6 Å². The second-order valence-electron chi connectivity index (χ2n) is 3.95. The first-order chi connectivity index (χ1) is 8.11. The van der Waals surface area contributed by atoms with E-state index < -0.39 is 0 Å². The third kappa shape index (κ3) is 2.04. The number of carbonyl (C=O) groups is 2. The van der Waals surface area contributed by atoms with Crippen LogP contribution in [0.15, 0.2) is 36.5 Å². The summed E-state index contributed by atoms with van der Waals surface area (Å²) in [6.45, 7) is 3.26. The lowest BCUT2D eigenvalue weighted by Crippen LogP contribution is -2.02. The molecule has 0 saturated carbocycles. The molecular weight excluding hydrogens is 214 g/mol. The van der Waals surface area contributed by atoms with Crippen molar-refractivity contribution < 1.29 is 9.59 Å². The quantitative estimate of drug-likeness (QED) is 0.819. The summed E-state index contributed by atoms with van der Waals surface area (Å²) in [7, 11) is 0. The van der Waals surface area contributed by atoms with Gasteiger partial charge in [-0.1, -0.05) is 30.3 Å². The largest absolute Gasteiger partial charge is 0.358 e. The zero-order valence-electron chi connectivity index (χ0n) is 9.78. The number of benzene rings is 1. The van der Waals surface area contributed by atoms with Crippen LogP contribution in [0.4, 0.5) is 0 Å². The van der Waals surface area contributed by atoms with Gasteiger partial charge in [-0.25, -0.2) is 0 Å². The molecule has 0 fully saturated rings. The van der Waals surface area contributed by atoms with Crippen molar-refractivity contribution in [2.45, 2.75) is 13.8 Å². The third-order valence-electron chi connectivity index (χ3n) is 2.77. The summed E-state index contributed by atoms with van der Waals surface area (Å²) in [6, 6.07) is 9.04. The lowest BCUT2D eigenvalue weighted by molar-refractivity contribution is 0.101. The average molecular weight is 227 g/mol. The first-order valence-corrected chi connectivity index (χ1v) is 5.40. The second-order valence-corrected chi connectivity index (χ2v) is 3.95. The van der Waals surface area contributed by atoms with Crippen LogP contribution in [0.5, 0.6) is 0 Å². The number of aromatic nitrogens is 1. The maximum atomic E-state index is 12.2. The highest BCUT2D eigenvalue weighted by Gasteiger charge is 2.17. The molecule has 2 aromatic rings. The molecule has 3 nitrogen and oxygen atoms in total. The van der Waals surface area contributed by atoms with Gasteiger partial charge in [0.05, 0.1) is 5.69 Å². The van der Waals surface area contributed by atoms with Crippen molar-refractivity contribution in [2.75, 3.05) is 0 Å². The monoisotopic (exact) mass is 227 g/mol. The molecule has 0 aliphatic carbocycles. The second kappa shape index (κ2) is 4.37. The Morgan fingerprint density at radius 2 is 1.76 bits per heavy atom. The Hall–Kier alpha value is -2.16. The lowest BCUT2D eigenvalue weighted by atomic mass is 10.0. The van der Waals surface area contributed by atoms with Crippen molar-refractivity contribution in [2.24, 2.45) is 0 Å². The lowest BCUT2D eigenvalue weighted by Gasteiger charge is -2.00. The minimum atomic E-state index is -0.0631. The molecule has 3 heteroatoms. The molecule has 86 valence electrons. The number of rotatable bonds is 3. The summed E-state index contributed by atoms with van der Waals surface area (Å²) >= 11 is 0. The van der Waals surface area contributed by atoms with Gasteiger partial charge in [-0.2, -0.15) is 0 Å². The van der Waals surface area contributed by atoms with Gasteiger partial charge in [0.25, 0.3) is 0 Å². The van der Waals surface area contributed by atoms with Gasteiger partial charge in [0.2, 0.25) is 0 Å². The van der Waals surface area contributed by atoms with Crippen molar-refractivity contribution in [1.82, 2.24) is 4.98 Å². The Morgan fingerprint density at radius 1 is 1.12 bits per heavy atom. The van der Waals surface area contributed by atoms with E-state index in [4.69, 9.17) is 0 Å². The zero-order valence-corrected chi connectivity index (χ0v) is 9.78. The van der Waals surface area contributed by atoms with Crippen molar-refractivity contribution in [3.63, 3.8) is 0 Å². The fourth-order valence-corrected chi connectivity index (χ4v) is 1.84. The SMILES string of the molecule is CC(=O)c1[nH]cc(C(=O)c2ccccc2)c1C. The standard InChI is InChI=1S/C14H13NO2/c1-9-12(8-15-13(9)10(2)16)14(17)11-6-4-3-5-7-11/h3-8,15H,1-2H3. The van der Waals surface area contributed by atoms with Crippen LogP contribution < -0.4 is 0 Å². The summed E-state index contributed by atoms with van der Waals surface area (Å²) in [5.74, 6) is -0.124. The third-order valence-corrected chi connectivity index (χ3v) is 2.77. The zero-order chi connectivity index (χ0) is 12.4. The van der Waals surface area contributed by atoms with Crippen LogP contribution in [0.2, 0.25) is 0 Å². The number of ketones is 2. The first kappa shape index (κ1) is 11.3. The maximum absolute atomic E-state index is 12.2. The molecule has 0 aliphatic rings. The Kier molecular flexibility index (Phi) is 2.91. The van der Waals surface area contributed by atoms with Gasteiger partial charge in [-0.3, -0.25) is 9.59 Å². The molecule has 0 amide bonds. The van der Waals surface area contributed by atoms with E-state index in [-0.39, 0.29) is 11.6 Å². The van der Waals surface area contributed by atoms with Crippen molar-refractivity contribution in [3.05, 3.63) is 58.9 Å². The van der Waals surface area contributed by atoms with Crippen molar-refractivity contribution in [3.8, 4) is 0 Å². The summed E-state index contributed by atoms with van der Waals surface area (Å²) in [6.07, 6.45) is 1.60. The number of hydrogen-bond donors (Lipinski definition) is 1. The number of aromatic amines is 1. The fraction of sp³-hybridized carbons (Fsp3) is 0.143. The summed E-state index contributed by atoms with van der Waals surface area (Å²) < 4.78 is 0. The van der Waals surface area contributed by atoms with Gasteiger partial charge in [-0.05, 0) is 12.5 Å². The van der Waals surface area contributed by atoms with Crippen molar-refractivity contribution in [1.29, 1.82) is 0 Å². The molecule has 0 aliphatic heterocycles. The van der Waals surface area contributed by atoms with E-state index in [2.05, 4.69) is 4.98 Å². The van der Waals surface area contributed by atoms with E-state index >= 15 is 0 Å². The molecule has 1 N–H and O–H groups in total. The van der Waals surface area contributed by atoms with Gasteiger partial charge in [0, 0.05) is 24.2 Å². The number of hydrogen-bond acceptors (Lipinski definition) is 2. The Labute approximate surface area is 99.5 Å². The highest BCUT2D eigenvalue weighted by molar-refractivity contribution is 6.11. The topological polar surface area (TPSA) is 49.9 Å². The Morgan fingerprint density at radius 3 is 2.29 bits per heavy atom. The van der Waals surface area contributed by atoms with Crippen LogP contribution in [0.1, 0.15) is 38.9 Å². The van der Waals surface area contributed by atoms with Gasteiger partial charge in [0.1, 0.15) is 0 Å². The molecule has 17 heavy (non-hydrogen) atoms. The predicted octanol–water partition coefficient (Wildman–Crippen LogP) is 2.76. The average Bonchev–Trinajstić information content (AvgIpc) is 2.71. The first-order valence-electron chi connectivity index (χ1n) is 5.40. The molecule has 0 radical (unpaired) electrons. The Bertz CT molecular complexity index is 567. The van der Waals surface area contributed by atoms with Crippen LogP contribution in [0, 0.1) is 6.92 Å². The van der Waals surface area contributed by atoms with E-state index in [9.17, 15) is 9.59 Å². The molecular formula is C14H13NO2. The summed E-state index contributed by atoms with van der Waals surface area (Å²) in [5.41, 5.74) is 2.40. The van der Waals surface area contributed by atoms with E-state index in [0.717, 1.165) is 0 Å². The molecule has 1 heterocycles. The van der Waals surface area contributed by atoms with Crippen LogP contribution in [-0.2, 0) is 0 Å². The highest BCUT2D eigenvalue weighted by atomic mass is 16.1. The predicted molar refractivity (Wildman–Crippen MR) is 65.4 cm³/mol. The number of H-pyrrole nitrogens is 1. The van der Waals surface area contributed by atoms with Crippen LogP contribution in [0.25, 0.3) is 0 Å². The molecule has 2 rings (SSSR count). The normalized spacial score (nSPS) is 10.2. The number of Topliss-reactive ketones (excluding diaryl/α,β-unsaturated/α-hetero) is 1. The highest BCUT2D eigenvalue weighted by Crippen LogP contribution is 2.17. The van der Waals surface area contributed by atoms with Gasteiger partial charge < -0.3 is 4.98 Å².